The highest BCUT2D eigenvalue weighted by Crippen LogP contribution is 2.44. The van der Waals surface area contributed by atoms with Gasteiger partial charge in [0.25, 0.3) is 5.79 Å². The Labute approximate surface area is 172 Å². The van der Waals surface area contributed by atoms with Crippen molar-refractivity contribution in [2.24, 2.45) is 0 Å². The second-order valence-corrected chi connectivity index (χ2v) is 8.40. The number of aliphatic hydroxyl groups is 1. The second-order valence-electron chi connectivity index (χ2n) is 7.49. The number of rotatable bonds is 3. The van der Waals surface area contributed by atoms with Gasteiger partial charge in [-0.25, -0.2) is 0 Å². The number of para-hydroxylation sites is 2. The molecule has 1 N–H and O–H groups in total. The Balaban J connectivity index is 1.16. The van der Waals surface area contributed by atoms with Crippen LogP contribution >= 0.6 is 15.9 Å². The van der Waals surface area contributed by atoms with Crippen molar-refractivity contribution in [1.29, 1.82) is 0 Å². The monoisotopic (exact) mass is 447 g/mol. The zero-order valence-electron chi connectivity index (χ0n) is 15.3. The van der Waals surface area contributed by atoms with Gasteiger partial charge >= 0.3 is 0 Å². The molecule has 148 valence electrons. The maximum Gasteiger partial charge on any atom is 0.254 e. The first-order valence-corrected chi connectivity index (χ1v) is 10.4. The zero-order chi connectivity index (χ0) is 19.1. The summed E-state index contributed by atoms with van der Waals surface area (Å²) in [5.41, 5.74) is 0. The molecule has 0 aliphatic carbocycles. The van der Waals surface area contributed by atoms with Crippen molar-refractivity contribution in [2.75, 3.05) is 26.2 Å². The van der Waals surface area contributed by atoms with Crippen LogP contribution < -0.4 is 18.9 Å². The molecule has 6 nitrogen and oxygen atoms in total. The van der Waals surface area contributed by atoms with Crippen LogP contribution in [0.15, 0.2) is 46.9 Å². The first kappa shape index (κ1) is 18.1. The minimum Gasteiger partial charge on any atom is -0.486 e. The third-order valence-electron chi connectivity index (χ3n) is 5.52. The number of ether oxygens (including phenoxy) is 4. The summed E-state index contributed by atoms with van der Waals surface area (Å²) >= 11 is 3.47. The van der Waals surface area contributed by atoms with Gasteiger partial charge in [-0.2, -0.15) is 0 Å². The number of β-amino-alcohol motifs (C(OH)–C–C–N with tert-alkyl or cyclic N) is 1. The van der Waals surface area contributed by atoms with Gasteiger partial charge in [0.1, 0.15) is 12.7 Å². The average Bonchev–Trinajstić information content (AvgIpc) is 3.06. The fourth-order valence-corrected chi connectivity index (χ4v) is 4.30. The molecule has 5 rings (SSSR count). The van der Waals surface area contributed by atoms with E-state index in [-0.39, 0.29) is 6.10 Å². The van der Waals surface area contributed by atoms with E-state index in [1.54, 1.807) is 0 Å². The number of hydrogen-bond acceptors (Lipinski definition) is 6. The van der Waals surface area contributed by atoms with E-state index in [0.29, 0.717) is 18.9 Å². The Bertz CT molecular complexity index is 868. The minimum absolute atomic E-state index is 0.354. The standard InChI is InChI=1S/C21H22BrNO5/c22-14-5-6-18-19(11-14)28-21(27-18)7-9-23(10-8-21)12-15(24)20-13-25-16-3-1-2-4-17(16)26-20/h1-6,11,15,20,24H,7-10,12-13H2/t15-,20-/m0/s1. The molecular weight excluding hydrogens is 426 g/mol. The molecule has 3 aliphatic rings. The third-order valence-corrected chi connectivity index (χ3v) is 6.01. The van der Waals surface area contributed by atoms with Crippen molar-refractivity contribution in [3.63, 3.8) is 0 Å². The molecule has 2 atom stereocenters. The van der Waals surface area contributed by atoms with E-state index in [1.165, 1.54) is 0 Å². The van der Waals surface area contributed by atoms with Crippen molar-refractivity contribution >= 4 is 15.9 Å². The first-order chi connectivity index (χ1) is 13.6. The van der Waals surface area contributed by atoms with Gasteiger partial charge in [-0.05, 0) is 30.3 Å². The largest absolute Gasteiger partial charge is 0.486 e. The van der Waals surface area contributed by atoms with Crippen molar-refractivity contribution in [1.82, 2.24) is 4.90 Å². The van der Waals surface area contributed by atoms with Gasteiger partial charge in [-0.1, -0.05) is 28.1 Å². The molecule has 0 radical (unpaired) electrons. The van der Waals surface area contributed by atoms with E-state index in [2.05, 4.69) is 20.8 Å². The lowest BCUT2D eigenvalue weighted by Crippen LogP contribution is -2.53. The highest BCUT2D eigenvalue weighted by molar-refractivity contribution is 9.10. The Morgan fingerprint density at radius 1 is 1.04 bits per heavy atom. The number of benzene rings is 2. The maximum atomic E-state index is 10.7. The van der Waals surface area contributed by atoms with Crippen molar-refractivity contribution in [3.8, 4) is 23.0 Å². The number of piperidine rings is 1. The molecule has 0 aromatic heterocycles. The summed E-state index contributed by atoms with van der Waals surface area (Å²) < 4.78 is 24.9. The Kier molecular flexibility index (Phi) is 4.61. The summed E-state index contributed by atoms with van der Waals surface area (Å²) in [5.74, 6) is 2.41. The second kappa shape index (κ2) is 7.13. The molecule has 3 heterocycles. The molecule has 28 heavy (non-hydrogen) atoms. The topological polar surface area (TPSA) is 60.4 Å². The van der Waals surface area contributed by atoms with Gasteiger partial charge in [-0.15, -0.1) is 0 Å². The maximum absolute atomic E-state index is 10.7. The van der Waals surface area contributed by atoms with Crippen LogP contribution in [0.5, 0.6) is 23.0 Å². The van der Waals surface area contributed by atoms with Gasteiger partial charge in [-0.3, -0.25) is 0 Å². The molecule has 3 aliphatic heterocycles. The van der Waals surface area contributed by atoms with Crippen LogP contribution in [0.2, 0.25) is 0 Å². The molecule has 0 saturated carbocycles. The van der Waals surface area contributed by atoms with Crippen molar-refractivity contribution < 1.29 is 24.1 Å². The number of fused-ring (bicyclic) bond motifs is 2. The lowest BCUT2D eigenvalue weighted by molar-refractivity contribution is -0.124. The Morgan fingerprint density at radius 3 is 2.61 bits per heavy atom. The predicted octanol–water partition coefficient (Wildman–Crippen LogP) is 3.21. The quantitative estimate of drug-likeness (QED) is 0.779. The lowest BCUT2D eigenvalue weighted by Gasteiger charge is -2.39. The molecule has 1 spiro atoms. The lowest BCUT2D eigenvalue weighted by atomic mass is 10.0. The molecule has 1 fully saturated rings. The number of likely N-dealkylation sites (tertiary alicyclic amines) is 1. The fourth-order valence-electron chi connectivity index (χ4n) is 3.96. The van der Waals surface area contributed by atoms with E-state index in [4.69, 9.17) is 18.9 Å². The Hall–Kier alpha value is -1.96. The first-order valence-electron chi connectivity index (χ1n) is 9.57. The number of halogens is 1. The van der Waals surface area contributed by atoms with Crippen LogP contribution in [0.1, 0.15) is 12.8 Å². The highest BCUT2D eigenvalue weighted by Gasteiger charge is 2.44. The van der Waals surface area contributed by atoms with Gasteiger partial charge in [0.05, 0.1) is 0 Å². The molecular formula is C21H22BrNO5. The van der Waals surface area contributed by atoms with E-state index in [0.717, 1.165) is 47.7 Å². The van der Waals surface area contributed by atoms with Gasteiger partial charge in [0.2, 0.25) is 0 Å². The van der Waals surface area contributed by atoms with Crippen LogP contribution in [0.3, 0.4) is 0 Å². The molecule has 0 bridgehead atoms. The zero-order valence-corrected chi connectivity index (χ0v) is 16.9. The van der Waals surface area contributed by atoms with Crippen LogP contribution in [0.25, 0.3) is 0 Å². The van der Waals surface area contributed by atoms with E-state index >= 15 is 0 Å². The van der Waals surface area contributed by atoms with E-state index in [9.17, 15) is 5.11 Å². The normalized spacial score (nSPS) is 23.6. The molecule has 1 saturated heterocycles. The molecule has 0 amide bonds. The summed E-state index contributed by atoms with van der Waals surface area (Å²) in [7, 11) is 0. The van der Waals surface area contributed by atoms with Crippen LogP contribution in [-0.4, -0.2) is 54.2 Å². The van der Waals surface area contributed by atoms with Crippen molar-refractivity contribution in [3.05, 3.63) is 46.9 Å². The fraction of sp³-hybridized carbons (Fsp3) is 0.429. The number of aliphatic hydroxyl groups excluding tert-OH is 1. The summed E-state index contributed by atoms with van der Waals surface area (Å²) in [6, 6.07) is 13.4. The number of hydrogen-bond donors (Lipinski definition) is 1. The molecule has 0 unspecified atom stereocenters. The SMILES string of the molecule is O[C@@H](CN1CCC2(CC1)Oc1ccc(Br)cc1O2)[C@@H]1COc2ccccc2O1. The summed E-state index contributed by atoms with van der Waals surface area (Å²) in [5, 5.41) is 10.7. The summed E-state index contributed by atoms with van der Waals surface area (Å²) in [6.07, 6.45) is 0.501. The van der Waals surface area contributed by atoms with Gasteiger partial charge < -0.3 is 29.0 Å². The van der Waals surface area contributed by atoms with Crippen molar-refractivity contribution in [2.45, 2.75) is 30.8 Å². The summed E-state index contributed by atoms with van der Waals surface area (Å²) in [6.45, 7) is 2.46. The molecule has 2 aromatic carbocycles. The minimum atomic E-state index is -0.624. The average molecular weight is 448 g/mol. The predicted molar refractivity (Wildman–Crippen MR) is 106 cm³/mol. The smallest absolute Gasteiger partial charge is 0.254 e. The highest BCUT2D eigenvalue weighted by atomic mass is 79.9. The van der Waals surface area contributed by atoms with E-state index in [1.807, 2.05) is 42.5 Å². The Morgan fingerprint density at radius 2 is 1.79 bits per heavy atom. The van der Waals surface area contributed by atoms with Gasteiger partial charge in [0.15, 0.2) is 29.1 Å². The van der Waals surface area contributed by atoms with Crippen LogP contribution in [-0.2, 0) is 0 Å². The molecule has 2 aromatic rings. The number of nitrogens with zero attached hydrogens (tertiary/aromatic N) is 1. The van der Waals surface area contributed by atoms with Crippen LogP contribution in [0, 0.1) is 0 Å². The van der Waals surface area contributed by atoms with Gasteiger partial charge in [0, 0.05) is 36.9 Å². The van der Waals surface area contributed by atoms with E-state index < -0.39 is 11.9 Å². The van der Waals surface area contributed by atoms with Crippen LogP contribution in [0.4, 0.5) is 0 Å². The third kappa shape index (κ3) is 3.43. The summed E-state index contributed by atoms with van der Waals surface area (Å²) in [4.78, 5) is 2.23. The molecule has 7 heteroatoms.